The molecule has 0 spiro atoms. The number of carbonyl (C=O) groups is 2. The molecule has 2 amide bonds. The summed E-state index contributed by atoms with van der Waals surface area (Å²) in [5, 5.41) is 2.93. The molecule has 1 N–H and O–H groups in total. The zero-order valence-electron chi connectivity index (χ0n) is 17.1. The highest BCUT2D eigenvalue weighted by molar-refractivity contribution is 6.05. The average Bonchev–Trinajstić information content (AvgIpc) is 3.09. The molecule has 0 unspecified atom stereocenters. The zero-order chi connectivity index (χ0) is 20.1. The van der Waals surface area contributed by atoms with Crippen LogP contribution in [0, 0.1) is 6.92 Å². The quantitative estimate of drug-likeness (QED) is 0.786. The van der Waals surface area contributed by atoms with Gasteiger partial charge in [-0.05, 0) is 51.2 Å². The summed E-state index contributed by atoms with van der Waals surface area (Å²) < 4.78 is 1.97. The van der Waals surface area contributed by atoms with Gasteiger partial charge in [0.15, 0.2) is 11.5 Å². The number of hydrogen-bond donors (Lipinski definition) is 1. The largest absolute Gasteiger partial charge is 0.336 e. The normalized spacial score (nSPS) is 13.1. The minimum absolute atomic E-state index is 0.0683. The Labute approximate surface area is 166 Å². The van der Waals surface area contributed by atoms with Gasteiger partial charge >= 0.3 is 0 Å². The third-order valence-corrected chi connectivity index (χ3v) is 5.11. The minimum Gasteiger partial charge on any atom is -0.336 e. The van der Waals surface area contributed by atoms with Crippen molar-refractivity contribution < 1.29 is 9.59 Å². The Kier molecular flexibility index (Phi) is 6.49. The van der Waals surface area contributed by atoms with Crippen LogP contribution in [0.1, 0.15) is 71.9 Å². The number of aromatic nitrogens is 2. The standard InChI is InChI=1S/C22H30N4O2/c1-4-13-25(14-5-2)22(28)20-24-19(18-8-6-7-15-26(18)20)21(27)23-17-11-9-16(3)10-12-17/h9-12H,4-8,13-15H2,1-3H3,(H,23,27). The molecular weight excluding hydrogens is 352 g/mol. The van der Waals surface area contributed by atoms with E-state index in [4.69, 9.17) is 0 Å². The molecule has 0 fully saturated rings. The van der Waals surface area contributed by atoms with E-state index < -0.39 is 0 Å². The van der Waals surface area contributed by atoms with Crippen LogP contribution in [0.5, 0.6) is 0 Å². The lowest BCUT2D eigenvalue weighted by molar-refractivity contribution is 0.0737. The first-order valence-electron chi connectivity index (χ1n) is 10.3. The van der Waals surface area contributed by atoms with Crippen molar-refractivity contribution >= 4 is 17.5 Å². The van der Waals surface area contributed by atoms with E-state index in [0.29, 0.717) is 24.6 Å². The van der Waals surface area contributed by atoms with Crippen LogP contribution in [0.25, 0.3) is 0 Å². The molecule has 150 valence electrons. The van der Waals surface area contributed by atoms with Gasteiger partial charge in [0.05, 0.1) is 5.69 Å². The second-order valence-electron chi connectivity index (χ2n) is 7.45. The molecule has 1 aliphatic heterocycles. The highest BCUT2D eigenvalue weighted by Crippen LogP contribution is 2.23. The summed E-state index contributed by atoms with van der Waals surface area (Å²) >= 11 is 0. The number of anilines is 1. The lowest BCUT2D eigenvalue weighted by atomic mass is 10.1. The maximum Gasteiger partial charge on any atom is 0.289 e. The Morgan fingerprint density at radius 1 is 1.11 bits per heavy atom. The van der Waals surface area contributed by atoms with Gasteiger partial charge in [-0.15, -0.1) is 0 Å². The fourth-order valence-corrected chi connectivity index (χ4v) is 3.71. The molecule has 28 heavy (non-hydrogen) atoms. The van der Waals surface area contributed by atoms with E-state index in [1.807, 2.05) is 40.7 Å². The number of carbonyl (C=O) groups excluding carboxylic acids is 2. The van der Waals surface area contributed by atoms with Crippen LogP contribution in [0.3, 0.4) is 0 Å². The van der Waals surface area contributed by atoms with Crippen LogP contribution in [0.4, 0.5) is 5.69 Å². The van der Waals surface area contributed by atoms with E-state index in [2.05, 4.69) is 24.1 Å². The van der Waals surface area contributed by atoms with Gasteiger partial charge in [0, 0.05) is 25.3 Å². The number of benzene rings is 1. The lowest BCUT2D eigenvalue weighted by Crippen LogP contribution is -2.35. The Balaban J connectivity index is 1.91. The van der Waals surface area contributed by atoms with Crippen molar-refractivity contribution in [1.29, 1.82) is 0 Å². The smallest absolute Gasteiger partial charge is 0.289 e. The summed E-state index contributed by atoms with van der Waals surface area (Å²) in [7, 11) is 0. The Morgan fingerprint density at radius 2 is 1.79 bits per heavy atom. The van der Waals surface area contributed by atoms with Gasteiger partial charge in [0.25, 0.3) is 11.8 Å². The highest BCUT2D eigenvalue weighted by atomic mass is 16.2. The van der Waals surface area contributed by atoms with Crippen molar-refractivity contribution in [2.75, 3.05) is 18.4 Å². The molecule has 1 aliphatic rings. The second kappa shape index (κ2) is 9.04. The first-order valence-corrected chi connectivity index (χ1v) is 10.3. The van der Waals surface area contributed by atoms with E-state index in [0.717, 1.165) is 55.6 Å². The fraction of sp³-hybridized carbons (Fsp3) is 0.500. The van der Waals surface area contributed by atoms with Crippen molar-refractivity contribution in [3.8, 4) is 0 Å². The van der Waals surface area contributed by atoms with E-state index in [-0.39, 0.29) is 11.8 Å². The molecule has 6 heteroatoms. The van der Waals surface area contributed by atoms with Crippen molar-refractivity contribution in [3.05, 3.63) is 47.0 Å². The van der Waals surface area contributed by atoms with Gasteiger partial charge in [0.1, 0.15) is 0 Å². The third-order valence-electron chi connectivity index (χ3n) is 5.11. The number of nitrogens with one attached hydrogen (secondary N) is 1. The number of amides is 2. The van der Waals surface area contributed by atoms with Gasteiger partial charge < -0.3 is 14.8 Å². The number of fused-ring (bicyclic) bond motifs is 1. The predicted octanol–water partition coefficient (Wildman–Crippen LogP) is 4.04. The first-order chi connectivity index (χ1) is 13.5. The Morgan fingerprint density at radius 3 is 2.43 bits per heavy atom. The maximum absolute atomic E-state index is 13.1. The molecule has 0 saturated carbocycles. The SMILES string of the molecule is CCCN(CCC)C(=O)c1nc(C(=O)Nc2ccc(C)cc2)c2n1CCCC2. The van der Waals surface area contributed by atoms with E-state index >= 15 is 0 Å². The van der Waals surface area contributed by atoms with Crippen LogP contribution in [0.15, 0.2) is 24.3 Å². The monoisotopic (exact) mass is 382 g/mol. The van der Waals surface area contributed by atoms with E-state index in [9.17, 15) is 9.59 Å². The van der Waals surface area contributed by atoms with Gasteiger partial charge in [-0.3, -0.25) is 9.59 Å². The summed E-state index contributed by atoms with van der Waals surface area (Å²) in [6, 6.07) is 7.68. The molecule has 0 aliphatic carbocycles. The van der Waals surface area contributed by atoms with E-state index in [1.165, 1.54) is 0 Å². The van der Waals surface area contributed by atoms with Gasteiger partial charge in [-0.1, -0.05) is 31.5 Å². The average molecular weight is 383 g/mol. The Hall–Kier alpha value is -2.63. The predicted molar refractivity (Wildman–Crippen MR) is 111 cm³/mol. The molecule has 0 saturated heterocycles. The van der Waals surface area contributed by atoms with Crippen LogP contribution < -0.4 is 5.32 Å². The van der Waals surface area contributed by atoms with Crippen LogP contribution in [-0.4, -0.2) is 39.4 Å². The molecule has 2 aromatic rings. The fourth-order valence-electron chi connectivity index (χ4n) is 3.71. The molecule has 1 aromatic carbocycles. The van der Waals surface area contributed by atoms with Gasteiger partial charge in [-0.25, -0.2) is 4.98 Å². The zero-order valence-corrected chi connectivity index (χ0v) is 17.1. The van der Waals surface area contributed by atoms with Gasteiger partial charge in [-0.2, -0.15) is 0 Å². The molecule has 3 rings (SSSR count). The summed E-state index contributed by atoms with van der Waals surface area (Å²) in [6.07, 6.45) is 4.60. The topological polar surface area (TPSA) is 67.2 Å². The molecule has 0 bridgehead atoms. The lowest BCUT2D eigenvalue weighted by Gasteiger charge is -2.23. The molecule has 6 nitrogen and oxygen atoms in total. The van der Waals surface area contributed by atoms with E-state index in [1.54, 1.807) is 0 Å². The number of aryl methyl sites for hydroxylation is 1. The summed E-state index contributed by atoms with van der Waals surface area (Å²) in [6.45, 7) is 8.30. The van der Waals surface area contributed by atoms with Crippen molar-refractivity contribution in [3.63, 3.8) is 0 Å². The molecule has 1 aromatic heterocycles. The van der Waals surface area contributed by atoms with Crippen molar-refractivity contribution in [2.24, 2.45) is 0 Å². The van der Waals surface area contributed by atoms with Crippen LogP contribution >= 0.6 is 0 Å². The molecule has 0 atom stereocenters. The highest BCUT2D eigenvalue weighted by Gasteiger charge is 2.29. The summed E-state index contributed by atoms with van der Waals surface area (Å²) in [5.74, 6) is 0.0954. The number of imidazole rings is 1. The van der Waals surface area contributed by atoms with Crippen molar-refractivity contribution in [2.45, 2.75) is 59.4 Å². The third kappa shape index (κ3) is 4.26. The first kappa shape index (κ1) is 20.1. The van der Waals surface area contributed by atoms with Gasteiger partial charge in [0.2, 0.25) is 0 Å². The second-order valence-corrected chi connectivity index (χ2v) is 7.45. The van der Waals surface area contributed by atoms with Crippen molar-refractivity contribution in [1.82, 2.24) is 14.5 Å². The number of rotatable bonds is 7. The minimum atomic E-state index is -0.244. The maximum atomic E-state index is 13.1. The molecule has 2 heterocycles. The Bertz CT molecular complexity index is 833. The van der Waals surface area contributed by atoms with Crippen LogP contribution in [-0.2, 0) is 13.0 Å². The number of hydrogen-bond acceptors (Lipinski definition) is 3. The summed E-state index contributed by atoms with van der Waals surface area (Å²) in [5.41, 5.74) is 3.14. The molecule has 0 radical (unpaired) electrons. The summed E-state index contributed by atoms with van der Waals surface area (Å²) in [4.78, 5) is 32.5. The van der Waals surface area contributed by atoms with Crippen LogP contribution in [0.2, 0.25) is 0 Å². The number of nitrogens with zero attached hydrogens (tertiary/aromatic N) is 3. The molecular formula is C22H30N4O2.